The van der Waals surface area contributed by atoms with Gasteiger partial charge in [0.2, 0.25) is 10.0 Å². The van der Waals surface area contributed by atoms with Crippen LogP contribution in [0.25, 0.3) is 0 Å². The van der Waals surface area contributed by atoms with Crippen LogP contribution in [0.3, 0.4) is 0 Å². The van der Waals surface area contributed by atoms with Crippen LogP contribution in [0.4, 0.5) is 0 Å². The lowest BCUT2D eigenvalue weighted by molar-refractivity contribution is -0.139. The van der Waals surface area contributed by atoms with Crippen LogP contribution in [0.5, 0.6) is 5.75 Å². The van der Waals surface area contributed by atoms with Crippen molar-refractivity contribution in [2.75, 3.05) is 6.61 Å². The first-order chi connectivity index (χ1) is 8.85. The largest absolute Gasteiger partial charge is 0.482 e. The first kappa shape index (κ1) is 15.5. The summed E-state index contributed by atoms with van der Waals surface area (Å²) in [5.74, 6) is -0.778. The van der Waals surface area contributed by atoms with Gasteiger partial charge in [-0.2, -0.15) is 0 Å². The van der Waals surface area contributed by atoms with Gasteiger partial charge in [-0.3, -0.25) is 0 Å². The average molecular weight is 287 g/mol. The quantitative estimate of drug-likeness (QED) is 0.786. The van der Waals surface area contributed by atoms with Crippen molar-refractivity contribution in [3.63, 3.8) is 0 Å². The fraction of sp³-hybridized carbons (Fsp3) is 0.417. The van der Waals surface area contributed by atoms with E-state index in [9.17, 15) is 13.2 Å². The fourth-order valence-electron chi connectivity index (χ4n) is 1.28. The molecule has 19 heavy (non-hydrogen) atoms. The Bertz CT molecular complexity index is 524. The third kappa shape index (κ3) is 4.88. The fourth-order valence-corrected chi connectivity index (χ4v) is 2.60. The van der Waals surface area contributed by atoms with Crippen molar-refractivity contribution in [3.8, 4) is 5.75 Å². The second kappa shape index (κ2) is 6.53. The Kier molecular flexibility index (Phi) is 5.31. The molecule has 1 atom stereocenters. The Labute approximate surface area is 112 Å². The Morgan fingerprint density at radius 2 is 1.95 bits per heavy atom. The van der Waals surface area contributed by atoms with E-state index in [2.05, 4.69) is 4.72 Å². The van der Waals surface area contributed by atoms with Crippen molar-refractivity contribution in [1.82, 2.24) is 4.72 Å². The second-order valence-electron chi connectivity index (χ2n) is 4.08. The zero-order chi connectivity index (χ0) is 14.5. The average Bonchev–Trinajstić information content (AvgIpc) is 2.36. The van der Waals surface area contributed by atoms with Crippen molar-refractivity contribution in [3.05, 3.63) is 24.3 Å². The molecule has 0 unspecified atom stereocenters. The molecule has 7 heteroatoms. The molecule has 0 fully saturated rings. The van der Waals surface area contributed by atoms with Crippen LogP contribution in [-0.2, 0) is 14.8 Å². The third-order valence-corrected chi connectivity index (χ3v) is 4.07. The predicted octanol–water partition coefficient (Wildman–Crippen LogP) is 1.23. The van der Waals surface area contributed by atoms with E-state index >= 15 is 0 Å². The number of benzene rings is 1. The van der Waals surface area contributed by atoms with E-state index in [0.717, 1.165) is 0 Å². The Morgan fingerprint density at radius 1 is 1.37 bits per heavy atom. The van der Waals surface area contributed by atoms with Gasteiger partial charge in [0, 0.05) is 6.04 Å². The summed E-state index contributed by atoms with van der Waals surface area (Å²) in [6.45, 7) is 3.20. The highest BCUT2D eigenvalue weighted by atomic mass is 32.2. The number of nitrogens with one attached hydrogen (secondary N) is 1. The molecule has 0 spiro atoms. The van der Waals surface area contributed by atoms with Crippen LogP contribution >= 0.6 is 0 Å². The maximum absolute atomic E-state index is 11.9. The van der Waals surface area contributed by atoms with E-state index in [1.807, 2.05) is 6.92 Å². The Morgan fingerprint density at radius 3 is 2.42 bits per heavy atom. The van der Waals surface area contributed by atoms with Crippen LogP contribution in [0, 0.1) is 0 Å². The van der Waals surface area contributed by atoms with Crippen molar-refractivity contribution in [1.29, 1.82) is 0 Å². The van der Waals surface area contributed by atoms with Crippen LogP contribution in [0.15, 0.2) is 29.2 Å². The number of carboxylic acid groups (broad SMARTS) is 1. The highest BCUT2D eigenvalue weighted by Crippen LogP contribution is 2.16. The molecule has 0 bridgehead atoms. The monoisotopic (exact) mass is 287 g/mol. The van der Waals surface area contributed by atoms with Crippen LogP contribution in [0.1, 0.15) is 20.3 Å². The van der Waals surface area contributed by atoms with E-state index in [4.69, 9.17) is 9.84 Å². The molecule has 0 saturated heterocycles. The minimum atomic E-state index is -3.54. The molecule has 0 amide bonds. The highest BCUT2D eigenvalue weighted by Gasteiger charge is 2.16. The Balaban J connectivity index is 2.77. The summed E-state index contributed by atoms with van der Waals surface area (Å²) in [7, 11) is -3.54. The second-order valence-corrected chi connectivity index (χ2v) is 5.80. The normalized spacial score (nSPS) is 12.9. The number of sulfonamides is 1. The van der Waals surface area contributed by atoms with Gasteiger partial charge in [0.1, 0.15) is 5.75 Å². The molecule has 0 radical (unpaired) electrons. The predicted molar refractivity (Wildman–Crippen MR) is 69.6 cm³/mol. The topological polar surface area (TPSA) is 92.7 Å². The maximum atomic E-state index is 11.9. The molecule has 0 aliphatic rings. The summed E-state index contributed by atoms with van der Waals surface area (Å²) < 4.78 is 31.3. The van der Waals surface area contributed by atoms with Gasteiger partial charge in [-0.15, -0.1) is 0 Å². The number of hydrogen-bond acceptors (Lipinski definition) is 4. The lowest BCUT2D eigenvalue weighted by Crippen LogP contribution is -2.31. The molecule has 0 aromatic heterocycles. The van der Waals surface area contributed by atoms with Crippen LogP contribution in [-0.4, -0.2) is 32.1 Å². The summed E-state index contributed by atoms with van der Waals surface area (Å²) in [5.41, 5.74) is 0. The molecule has 6 nitrogen and oxygen atoms in total. The van der Waals surface area contributed by atoms with Gasteiger partial charge in [-0.05, 0) is 37.6 Å². The van der Waals surface area contributed by atoms with Crippen LogP contribution < -0.4 is 9.46 Å². The molecule has 0 saturated carbocycles. The molecule has 2 N–H and O–H groups in total. The summed E-state index contributed by atoms with van der Waals surface area (Å²) in [6.07, 6.45) is 0.693. The molecule has 0 aliphatic heterocycles. The van der Waals surface area contributed by atoms with Gasteiger partial charge >= 0.3 is 5.97 Å². The maximum Gasteiger partial charge on any atom is 0.341 e. The van der Waals surface area contributed by atoms with Gasteiger partial charge in [0.05, 0.1) is 4.90 Å². The van der Waals surface area contributed by atoms with E-state index in [1.165, 1.54) is 24.3 Å². The molecule has 1 aromatic carbocycles. The molecule has 0 heterocycles. The lowest BCUT2D eigenvalue weighted by Gasteiger charge is -2.12. The van der Waals surface area contributed by atoms with Crippen molar-refractivity contribution in [2.45, 2.75) is 31.2 Å². The van der Waals surface area contributed by atoms with Crippen LogP contribution in [0.2, 0.25) is 0 Å². The lowest BCUT2D eigenvalue weighted by atomic mass is 10.3. The first-order valence-electron chi connectivity index (χ1n) is 5.82. The van der Waals surface area contributed by atoms with Gasteiger partial charge in [0.25, 0.3) is 0 Å². The summed E-state index contributed by atoms with van der Waals surface area (Å²) >= 11 is 0. The van der Waals surface area contributed by atoms with Gasteiger partial charge in [0.15, 0.2) is 6.61 Å². The number of carboxylic acids is 1. The van der Waals surface area contributed by atoms with Gasteiger partial charge < -0.3 is 9.84 Å². The van der Waals surface area contributed by atoms with Crippen molar-refractivity contribution < 1.29 is 23.1 Å². The molecule has 1 aromatic rings. The number of hydrogen-bond donors (Lipinski definition) is 2. The summed E-state index contributed by atoms with van der Waals surface area (Å²) in [4.78, 5) is 10.4. The summed E-state index contributed by atoms with van der Waals surface area (Å²) in [6, 6.07) is 5.46. The minimum absolute atomic E-state index is 0.121. The molecule has 0 aliphatic carbocycles. The van der Waals surface area contributed by atoms with Gasteiger partial charge in [-0.25, -0.2) is 17.9 Å². The number of ether oxygens (including phenoxy) is 1. The molecular formula is C12H17NO5S. The number of carbonyl (C=O) groups is 1. The van der Waals surface area contributed by atoms with E-state index in [1.54, 1.807) is 6.92 Å². The van der Waals surface area contributed by atoms with E-state index in [-0.39, 0.29) is 10.9 Å². The van der Waals surface area contributed by atoms with Gasteiger partial charge in [-0.1, -0.05) is 6.92 Å². The highest BCUT2D eigenvalue weighted by molar-refractivity contribution is 7.89. The first-order valence-corrected chi connectivity index (χ1v) is 7.30. The third-order valence-electron chi connectivity index (χ3n) is 2.47. The standard InChI is InChI=1S/C12H17NO5S/c1-3-9(2)13-19(16,17)11-6-4-10(5-7-11)18-8-12(14)15/h4-7,9,13H,3,8H2,1-2H3,(H,14,15)/t9-/m1/s1. The van der Waals surface area contributed by atoms with Crippen molar-refractivity contribution in [2.24, 2.45) is 0 Å². The van der Waals surface area contributed by atoms with E-state index < -0.39 is 22.6 Å². The molecular weight excluding hydrogens is 270 g/mol. The smallest absolute Gasteiger partial charge is 0.341 e. The minimum Gasteiger partial charge on any atom is -0.482 e. The number of aliphatic carboxylic acids is 1. The van der Waals surface area contributed by atoms with E-state index in [0.29, 0.717) is 12.2 Å². The van der Waals surface area contributed by atoms with Crippen molar-refractivity contribution >= 4 is 16.0 Å². The zero-order valence-electron chi connectivity index (χ0n) is 10.8. The Hall–Kier alpha value is -1.60. The SMILES string of the molecule is CC[C@@H](C)NS(=O)(=O)c1ccc(OCC(=O)O)cc1. The molecule has 106 valence electrons. The zero-order valence-corrected chi connectivity index (χ0v) is 11.6. The molecule has 1 rings (SSSR count). The number of rotatable bonds is 7. The summed E-state index contributed by atoms with van der Waals surface area (Å²) in [5, 5.41) is 8.45.